The van der Waals surface area contributed by atoms with Gasteiger partial charge in [0.15, 0.2) is 17.4 Å². The van der Waals surface area contributed by atoms with Gasteiger partial charge < -0.3 is 18.6 Å². The van der Waals surface area contributed by atoms with Gasteiger partial charge in [-0.1, -0.05) is 54.1 Å². The van der Waals surface area contributed by atoms with Gasteiger partial charge in [-0.15, -0.1) is 0 Å². The summed E-state index contributed by atoms with van der Waals surface area (Å²) in [5.74, 6) is -1.28. The molecule has 0 aliphatic rings. The van der Waals surface area contributed by atoms with Crippen LogP contribution in [0.5, 0.6) is 11.5 Å². The van der Waals surface area contributed by atoms with E-state index in [1.165, 1.54) is 26.3 Å². The average Bonchev–Trinajstić information content (AvgIpc) is 2.88. The molecule has 36 heavy (non-hydrogen) atoms. The Hall–Kier alpha value is -4.11. The molecule has 0 saturated carbocycles. The van der Waals surface area contributed by atoms with Crippen molar-refractivity contribution in [2.75, 3.05) is 7.11 Å². The van der Waals surface area contributed by atoms with Gasteiger partial charge in [-0.25, -0.2) is 19.1 Å². The highest BCUT2D eigenvalue weighted by Crippen LogP contribution is 2.32. The van der Waals surface area contributed by atoms with E-state index in [4.69, 9.17) is 30.2 Å². The third-order valence-corrected chi connectivity index (χ3v) is 5.88. The highest BCUT2D eigenvalue weighted by Gasteiger charge is 2.30. The molecule has 2 heterocycles. The fraction of sp³-hybridized carbons (Fsp3) is 0.231. The summed E-state index contributed by atoms with van der Waals surface area (Å²) in [6.45, 7) is 3.02. The number of rotatable bonds is 8. The van der Waals surface area contributed by atoms with Gasteiger partial charge in [-0.3, -0.25) is 4.79 Å². The summed E-state index contributed by atoms with van der Waals surface area (Å²) in [5, 5.41) is 0.397. The Kier molecular flexibility index (Phi) is 7.40. The van der Waals surface area contributed by atoms with Crippen LogP contribution in [-0.4, -0.2) is 28.7 Å². The fourth-order valence-corrected chi connectivity index (χ4v) is 3.89. The number of hydrogen-bond donors (Lipinski definition) is 0. The molecule has 0 N–H and O–H groups in total. The zero-order valence-corrected chi connectivity index (χ0v) is 20.5. The lowest BCUT2D eigenvalue weighted by Gasteiger charge is -2.27. The summed E-state index contributed by atoms with van der Waals surface area (Å²) in [6.07, 6.45) is -0.202. The molecule has 4 aromatic rings. The van der Waals surface area contributed by atoms with Gasteiger partial charge in [0.2, 0.25) is 5.58 Å². The van der Waals surface area contributed by atoms with Crippen LogP contribution in [0.3, 0.4) is 0 Å². The number of para-hydroxylation sites is 1. The Morgan fingerprint density at radius 1 is 1.00 bits per heavy atom. The Morgan fingerprint density at radius 2 is 1.69 bits per heavy atom. The lowest BCUT2D eigenvalue weighted by atomic mass is 10.0. The number of pyridine rings is 1. The number of hydrogen-bond acceptors (Lipinski definition) is 8. The highest BCUT2D eigenvalue weighted by molar-refractivity contribution is 6.32. The van der Waals surface area contributed by atoms with Crippen LogP contribution in [0, 0.1) is 0 Å². The van der Waals surface area contributed by atoms with E-state index in [9.17, 15) is 14.4 Å². The number of halogens is 1. The van der Waals surface area contributed by atoms with Crippen LogP contribution in [0.2, 0.25) is 5.02 Å². The van der Waals surface area contributed by atoms with E-state index in [-0.39, 0.29) is 16.8 Å². The SMILES string of the molecule is COc1ccnc2c(=O)n([C@@H](C)C(=O)O[C@@H](C)[C@H](Oc3ccccc3Cl)c3ccccc3)c(=O)oc12. The standard InChI is InChI=1S/C26H23ClN2O7/c1-15(29-24(30)21-23(36-26(29)32)20(33-3)13-14-28-21)25(31)34-16(2)22(17-9-5-4-6-10-17)35-19-12-8-7-11-18(19)27/h4-16,22H,1-3H3/t15-,16-,22-/m0/s1. The van der Waals surface area contributed by atoms with Gasteiger partial charge in [0.25, 0.3) is 5.56 Å². The predicted octanol–water partition coefficient (Wildman–Crippen LogP) is 4.32. The third-order valence-electron chi connectivity index (χ3n) is 5.57. The minimum absolute atomic E-state index is 0.0996. The van der Waals surface area contributed by atoms with Gasteiger partial charge in [0.05, 0.1) is 12.1 Å². The van der Waals surface area contributed by atoms with Gasteiger partial charge in [-0.2, -0.15) is 0 Å². The largest absolute Gasteiger partial charge is 0.493 e. The number of benzene rings is 2. The first kappa shape index (κ1) is 25.0. The van der Waals surface area contributed by atoms with E-state index in [1.54, 1.807) is 31.2 Å². The molecule has 9 nitrogen and oxygen atoms in total. The molecule has 0 saturated heterocycles. The van der Waals surface area contributed by atoms with E-state index in [2.05, 4.69) is 4.98 Å². The van der Waals surface area contributed by atoms with E-state index < -0.39 is 35.5 Å². The monoisotopic (exact) mass is 510 g/mol. The van der Waals surface area contributed by atoms with Crippen LogP contribution in [0.1, 0.15) is 31.6 Å². The van der Waals surface area contributed by atoms with Crippen molar-refractivity contribution in [3.05, 3.63) is 98.4 Å². The van der Waals surface area contributed by atoms with Crippen LogP contribution in [0.25, 0.3) is 11.1 Å². The summed E-state index contributed by atoms with van der Waals surface area (Å²) in [7, 11) is 1.37. The van der Waals surface area contributed by atoms with Crippen molar-refractivity contribution < 1.29 is 23.4 Å². The molecule has 10 heteroatoms. The maximum atomic E-state index is 13.1. The van der Waals surface area contributed by atoms with Crippen LogP contribution in [-0.2, 0) is 9.53 Å². The number of ether oxygens (including phenoxy) is 3. The van der Waals surface area contributed by atoms with Crippen LogP contribution in [0.4, 0.5) is 0 Å². The molecule has 0 aliphatic carbocycles. The molecular formula is C26H23ClN2O7. The molecule has 2 aromatic heterocycles. The van der Waals surface area contributed by atoms with Gasteiger partial charge >= 0.3 is 11.7 Å². The van der Waals surface area contributed by atoms with Gasteiger partial charge in [0, 0.05) is 12.3 Å². The number of aromatic nitrogens is 2. The number of methoxy groups -OCH3 is 1. The lowest BCUT2D eigenvalue weighted by Crippen LogP contribution is -2.40. The van der Waals surface area contributed by atoms with Crippen LogP contribution < -0.4 is 20.8 Å². The molecule has 0 spiro atoms. The van der Waals surface area contributed by atoms with E-state index in [0.29, 0.717) is 15.3 Å². The third kappa shape index (κ3) is 4.96. The number of nitrogens with zero attached hydrogens (tertiary/aromatic N) is 2. The minimum atomic E-state index is -1.30. The topological polar surface area (TPSA) is 110 Å². The quantitative estimate of drug-likeness (QED) is 0.322. The highest BCUT2D eigenvalue weighted by atomic mass is 35.5. The fourth-order valence-electron chi connectivity index (χ4n) is 3.71. The Morgan fingerprint density at radius 3 is 2.39 bits per heavy atom. The van der Waals surface area contributed by atoms with Crippen molar-refractivity contribution in [1.82, 2.24) is 9.55 Å². The van der Waals surface area contributed by atoms with Crippen LogP contribution in [0.15, 0.2) is 80.9 Å². The Labute approximate surface area is 210 Å². The van der Waals surface area contributed by atoms with Crippen molar-refractivity contribution in [2.24, 2.45) is 0 Å². The van der Waals surface area contributed by atoms with E-state index >= 15 is 0 Å². The number of fused-ring (bicyclic) bond motifs is 1. The number of carbonyl (C=O) groups excluding carboxylic acids is 1. The van der Waals surface area contributed by atoms with Crippen molar-refractivity contribution >= 4 is 28.7 Å². The van der Waals surface area contributed by atoms with Crippen molar-refractivity contribution in [3.63, 3.8) is 0 Å². The zero-order chi connectivity index (χ0) is 25.8. The maximum Gasteiger partial charge on any atom is 0.423 e. The molecule has 0 amide bonds. The average molecular weight is 511 g/mol. The summed E-state index contributed by atoms with van der Waals surface area (Å²) in [5.41, 5.74) is -0.309. The van der Waals surface area contributed by atoms with E-state index in [1.807, 2.05) is 30.3 Å². The predicted molar refractivity (Wildman–Crippen MR) is 133 cm³/mol. The molecule has 0 fully saturated rings. The molecule has 0 unspecified atom stereocenters. The lowest BCUT2D eigenvalue weighted by molar-refractivity contribution is -0.156. The second-order valence-corrected chi connectivity index (χ2v) is 8.34. The molecule has 186 valence electrons. The molecule has 2 aromatic carbocycles. The molecule has 3 atom stereocenters. The van der Waals surface area contributed by atoms with Crippen molar-refractivity contribution in [1.29, 1.82) is 0 Å². The Balaban J connectivity index is 1.63. The number of carbonyl (C=O) groups is 1. The van der Waals surface area contributed by atoms with Crippen molar-refractivity contribution in [2.45, 2.75) is 32.1 Å². The summed E-state index contributed by atoms with van der Waals surface area (Å²) >= 11 is 6.27. The molecule has 0 aliphatic heterocycles. The summed E-state index contributed by atoms with van der Waals surface area (Å²) in [6, 6.07) is 16.3. The molecule has 4 rings (SSSR count). The first-order valence-electron chi connectivity index (χ1n) is 11.1. The van der Waals surface area contributed by atoms with E-state index in [0.717, 1.165) is 5.56 Å². The van der Waals surface area contributed by atoms with Crippen molar-refractivity contribution in [3.8, 4) is 11.5 Å². The maximum absolute atomic E-state index is 13.1. The second kappa shape index (κ2) is 10.7. The molecule has 0 radical (unpaired) electrons. The molecule has 0 bridgehead atoms. The Bertz CT molecular complexity index is 1500. The van der Waals surface area contributed by atoms with Gasteiger partial charge in [-0.05, 0) is 31.5 Å². The van der Waals surface area contributed by atoms with Crippen LogP contribution >= 0.6 is 11.6 Å². The summed E-state index contributed by atoms with van der Waals surface area (Å²) < 4.78 is 22.8. The normalized spacial score (nSPS) is 13.6. The summed E-state index contributed by atoms with van der Waals surface area (Å²) in [4.78, 5) is 42.7. The second-order valence-electron chi connectivity index (χ2n) is 7.93. The first-order chi connectivity index (χ1) is 17.3. The molecular weight excluding hydrogens is 488 g/mol. The smallest absolute Gasteiger partial charge is 0.423 e. The number of esters is 1. The first-order valence-corrected chi connectivity index (χ1v) is 11.4. The van der Waals surface area contributed by atoms with Gasteiger partial charge in [0.1, 0.15) is 17.9 Å². The minimum Gasteiger partial charge on any atom is -0.493 e. The zero-order valence-electron chi connectivity index (χ0n) is 19.7.